The SMILES string of the molecule is O=C(O)CSCC(=O)c1cccc([N+](=O)[O-])c1. The van der Waals surface area contributed by atoms with Gasteiger partial charge in [-0.3, -0.25) is 19.7 Å². The first-order chi connectivity index (χ1) is 8.00. The van der Waals surface area contributed by atoms with Crippen LogP contribution in [0.15, 0.2) is 24.3 Å². The van der Waals surface area contributed by atoms with Gasteiger partial charge >= 0.3 is 5.97 Å². The van der Waals surface area contributed by atoms with Gasteiger partial charge < -0.3 is 5.11 Å². The molecule has 1 aromatic rings. The van der Waals surface area contributed by atoms with Crippen molar-refractivity contribution < 1.29 is 19.6 Å². The second-order valence-electron chi connectivity index (χ2n) is 3.12. The summed E-state index contributed by atoms with van der Waals surface area (Å²) >= 11 is 0.960. The Bertz CT molecular complexity index is 460. The van der Waals surface area contributed by atoms with Crippen molar-refractivity contribution in [1.29, 1.82) is 0 Å². The van der Waals surface area contributed by atoms with Crippen LogP contribution in [0.3, 0.4) is 0 Å². The van der Waals surface area contributed by atoms with Crippen LogP contribution in [0.25, 0.3) is 0 Å². The van der Waals surface area contributed by atoms with E-state index in [4.69, 9.17) is 5.11 Å². The van der Waals surface area contributed by atoms with E-state index in [1.807, 2.05) is 0 Å². The molecule has 17 heavy (non-hydrogen) atoms. The lowest BCUT2D eigenvalue weighted by molar-refractivity contribution is -0.384. The fourth-order valence-electron chi connectivity index (χ4n) is 1.11. The first kappa shape index (κ1) is 13.2. The van der Waals surface area contributed by atoms with E-state index in [1.165, 1.54) is 24.3 Å². The summed E-state index contributed by atoms with van der Waals surface area (Å²) in [6.07, 6.45) is 0. The minimum atomic E-state index is -0.998. The Kier molecular flexibility index (Phi) is 4.65. The van der Waals surface area contributed by atoms with Gasteiger partial charge in [0, 0.05) is 17.7 Å². The summed E-state index contributed by atoms with van der Waals surface area (Å²) in [5.41, 5.74) is 0.0659. The fourth-order valence-corrected chi connectivity index (χ4v) is 1.74. The van der Waals surface area contributed by atoms with E-state index < -0.39 is 10.9 Å². The zero-order valence-corrected chi connectivity index (χ0v) is 9.48. The molecule has 90 valence electrons. The van der Waals surface area contributed by atoms with Gasteiger partial charge in [-0.05, 0) is 0 Å². The van der Waals surface area contributed by atoms with E-state index >= 15 is 0 Å². The average molecular weight is 255 g/mol. The minimum absolute atomic E-state index is 0.00648. The third kappa shape index (κ3) is 4.23. The summed E-state index contributed by atoms with van der Waals surface area (Å²) in [5, 5.41) is 18.9. The number of non-ortho nitro benzene ring substituents is 1. The maximum Gasteiger partial charge on any atom is 0.313 e. The van der Waals surface area contributed by atoms with E-state index in [1.54, 1.807) is 0 Å². The van der Waals surface area contributed by atoms with Crippen LogP contribution in [0.1, 0.15) is 10.4 Å². The third-order valence-electron chi connectivity index (χ3n) is 1.84. The largest absolute Gasteiger partial charge is 0.481 e. The van der Waals surface area contributed by atoms with Crippen LogP contribution >= 0.6 is 11.8 Å². The molecule has 0 unspecified atom stereocenters. The number of carboxylic acid groups (broad SMARTS) is 1. The number of aliphatic carboxylic acids is 1. The lowest BCUT2D eigenvalue weighted by atomic mass is 10.1. The molecular formula is C10H9NO5S. The molecule has 0 saturated carbocycles. The molecule has 0 aliphatic heterocycles. The summed E-state index contributed by atoms with van der Waals surface area (Å²) in [4.78, 5) is 31.7. The quantitative estimate of drug-likeness (QED) is 0.471. The van der Waals surface area contributed by atoms with Crippen molar-refractivity contribution in [3.8, 4) is 0 Å². The third-order valence-corrected chi connectivity index (χ3v) is 2.76. The number of hydrogen-bond acceptors (Lipinski definition) is 5. The Morgan fingerprint density at radius 2 is 2.06 bits per heavy atom. The Labute approximate surface area is 101 Å². The number of benzene rings is 1. The lowest BCUT2D eigenvalue weighted by Crippen LogP contribution is -2.06. The molecular weight excluding hydrogens is 246 g/mol. The van der Waals surface area contributed by atoms with Crippen molar-refractivity contribution in [2.45, 2.75) is 0 Å². The zero-order valence-electron chi connectivity index (χ0n) is 8.66. The molecule has 0 spiro atoms. The summed E-state index contributed by atoms with van der Waals surface area (Å²) < 4.78 is 0. The number of carbonyl (C=O) groups is 2. The number of thioether (sulfide) groups is 1. The number of carboxylic acids is 1. The van der Waals surface area contributed by atoms with Crippen LogP contribution in [0, 0.1) is 10.1 Å². The van der Waals surface area contributed by atoms with Gasteiger partial charge in [0.05, 0.1) is 16.4 Å². The molecule has 0 amide bonds. The molecule has 0 aliphatic carbocycles. The highest BCUT2D eigenvalue weighted by Crippen LogP contribution is 2.15. The number of ketones is 1. The minimum Gasteiger partial charge on any atom is -0.481 e. The highest BCUT2D eigenvalue weighted by Gasteiger charge is 2.11. The van der Waals surface area contributed by atoms with E-state index in [-0.39, 0.29) is 28.5 Å². The fraction of sp³-hybridized carbons (Fsp3) is 0.200. The first-order valence-corrected chi connectivity index (χ1v) is 5.73. The number of Topliss-reactive ketones (excluding diaryl/α,β-unsaturated/α-hetero) is 1. The van der Waals surface area contributed by atoms with Crippen LogP contribution in [0.2, 0.25) is 0 Å². The van der Waals surface area contributed by atoms with Crippen LogP contribution in [-0.4, -0.2) is 33.3 Å². The highest BCUT2D eigenvalue weighted by atomic mass is 32.2. The maximum absolute atomic E-state index is 11.6. The van der Waals surface area contributed by atoms with E-state index in [0.717, 1.165) is 11.8 Å². The van der Waals surface area contributed by atoms with E-state index in [9.17, 15) is 19.7 Å². The first-order valence-electron chi connectivity index (χ1n) is 4.58. The molecule has 0 atom stereocenters. The molecule has 0 aliphatic rings. The summed E-state index contributed by atoms with van der Waals surface area (Å²) in [6, 6.07) is 5.37. The number of nitro benzene ring substituents is 1. The van der Waals surface area contributed by atoms with Gasteiger partial charge in [-0.25, -0.2) is 0 Å². The topological polar surface area (TPSA) is 97.5 Å². The molecule has 1 rings (SSSR count). The summed E-state index contributed by atoms with van der Waals surface area (Å²) in [7, 11) is 0. The number of rotatable bonds is 6. The Morgan fingerprint density at radius 3 is 2.65 bits per heavy atom. The summed E-state index contributed by atoms with van der Waals surface area (Å²) in [6.45, 7) is 0. The molecule has 0 radical (unpaired) electrons. The second kappa shape index (κ2) is 6.00. The van der Waals surface area contributed by atoms with Gasteiger partial charge in [0.25, 0.3) is 5.69 Å². The second-order valence-corrected chi connectivity index (χ2v) is 4.10. The average Bonchev–Trinajstić information content (AvgIpc) is 2.28. The van der Waals surface area contributed by atoms with Crippen LogP contribution in [-0.2, 0) is 4.79 Å². The predicted octanol–water partition coefficient (Wildman–Crippen LogP) is 1.60. The highest BCUT2D eigenvalue weighted by molar-refractivity contribution is 8.00. The van der Waals surface area contributed by atoms with E-state index in [0.29, 0.717) is 0 Å². The number of nitrogens with zero attached hydrogens (tertiary/aromatic N) is 1. The van der Waals surface area contributed by atoms with Gasteiger partial charge in [0.15, 0.2) is 5.78 Å². The smallest absolute Gasteiger partial charge is 0.313 e. The van der Waals surface area contributed by atoms with Gasteiger partial charge in [-0.2, -0.15) is 0 Å². The zero-order chi connectivity index (χ0) is 12.8. The predicted molar refractivity (Wildman–Crippen MR) is 62.4 cm³/mol. The van der Waals surface area contributed by atoms with Gasteiger partial charge in [0.2, 0.25) is 0 Å². The van der Waals surface area contributed by atoms with Crippen LogP contribution in [0.4, 0.5) is 5.69 Å². The Hall–Kier alpha value is -1.89. The van der Waals surface area contributed by atoms with Crippen LogP contribution < -0.4 is 0 Å². The molecule has 6 nitrogen and oxygen atoms in total. The monoisotopic (exact) mass is 255 g/mol. The number of carbonyl (C=O) groups excluding carboxylic acids is 1. The van der Waals surface area contributed by atoms with Crippen molar-refractivity contribution in [1.82, 2.24) is 0 Å². The lowest BCUT2D eigenvalue weighted by Gasteiger charge is -1.99. The molecule has 1 aromatic carbocycles. The van der Waals surface area contributed by atoms with Crippen LogP contribution in [0.5, 0.6) is 0 Å². The standard InChI is InChI=1S/C10H9NO5S/c12-9(5-17-6-10(13)14)7-2-1-3-8(4-7)11(15)16/h1-4H,5-6H2,(H,13,14). The molecule has 0 fully saturated rings. The molecule has 0 bridgehead atoms. The number of hydrogen-bond donors (Lipinski definition) is 1. The Morgan fingerprint density at radius 1 is 1.35 bits per heavy atom. The van der Waals surface area contributed by atoms with Gasteiger partial charge in [0.1, 0.15) is 0 Å². The Balaban J connectivity index is 2.65. The molecule has 7 heteroatoms. The summed E-state index contributed by atoms with van der Waals surface area (Å²) in [5.74, 6) is -1.49. The number of nitro groups is 1. The molecule has 0 heterocycles. The molecule has 0 saturated heterocycles. The van der Waals surface area contributed by atoms with Crippen molar-refractivity contribution in [2.75, 3.05) is 11.5 Å². The maximum atomic E-state index is 11.6. The molecule has 1 N–H and O–H groups in total. The van der Waals surface area contributed by atoms with Gasteiger partial charge in [-0.15, -0.1) is 11.8 Å². The van der Waals surface area contributed by atoms with Crippen molar-refractivity contribution in [2.24, 2.45) is 0 Å². The van der Waals surface area contributed by atoms with Crippen molar-refractivity contribution in [3.05, 3.63) is 39.9 Å². The van der Waals surface area contributed by atoms with Crippen molar-refractivity contribution >= 4 is 29.2 Å². The van der Waals surface area contributed by atoms with E-state index in [2.05, 4.69) is 0 Å². The van der Waals surface area contributed by atoms with Gasteiger partial charge in [-0.1, -0.05) is 12.1 Å². The molecule has 0 aromatic heterocycles. The van der Waals surface area contributed by atoms with Crippen molar-refractivity contribution in [3.63, 3.8) is 0 Å². The normalized spacial score (nSPS) is 9.88.